The van der Waals surface area contributed by atoms with Gasteiger partial charge in [-0.1, -0.05) is 0 Å². The van der Waals surface area contributed by atoms with Gasteiger partial charge in [0.15, 0.2) is 0 Å². The first-order chi connectivity index (χ1) is 6.86. The van der Waals surface area contributed by atoms with Gasteiger partial charge in [0.25, 0.3) is 0 Å². The van der Waals surface area contributed by atoms with Crippen LogP contribution < -0.4 is 0 Å². The second-order valence-electron chi connectivity index (χ2n) is 5.84. The number of rotatable bonds is 3. The largest absolute Gasteiger partial charge is 0.373 e. The minimum atomic E-state index is 0.619. The third kappa shape index (κ3) is 1.10. The summed E-state index contributed by atoms with van der Waals surface area (Å²) < 4.78 is 11.0. The van der Waals surface area contributed by atoms with Gasteiger partial charge in [-0.3, -0.25) is 0 Å². The summed E-state index contributed by atoms with van der Waals surface area (Å²) in [4.78, 5) is 0. The van der Waals surface area contributed by atoms with Crippen LogP contribution in [0.5, 0.6) is 0 Å². The predicted molar refractivity (Wildman–Crippen MR) is 52.0 cm³/mol. The summed E-state index contributed by atoms with van der Waals surface area (Å²) in [6.45, 7) is 2.08. The molecule has 4 aliphatic rings. The highest BCUT2D eigenvalue weighted by Gasteiger charge is 2.58. The third-order valence-corrected chi connectivity index (χ3v) is 4.96. The molecule has 5 atom stereocenters. The van der Waals surface area contributed by atoms with Crippen LogP contribution in [0.25, 0.3) is 0 Å². The molecule has 0 radical (unpaired) electrons. The van der Waals surface area contributed by atoms with Crippen molar-refractivity contribution in [2.75, 3.05) is 13.2 Å². The van der Waals surface area contributed by atoms with Crippen molar-refractivity contribution >= 4 is 0 Å². The van der Waals surface area contributed by atoms with Crippen molar-refractivity contribution in [1.82, 2.24) is 0 Å². The van der Waals surface area contributed by atoms with E-state index < -0.39 is 0 Å². The van der Waals surface area contributed by atoms with E-state index >= 15 is 0 Å². The van der Waals surface area contributed by atoms with Crippen molar-refractivity contribution < 1.29 is 9.47 Å². The molecule has 2 saturated carbocycles. The van der Waals surface area contributed by atoms with Crippen molar-refractivity contribution in [2.24, 2.45) is 17.3 Å². The second kappa shape index (κ2) is 2.53. The molecule has 2 heterocycles. The molecule has 0 aromatic rings. The van der Waals surface area contributed by atoms with Crippen LogP contribution in [-0.4, -0.2) is 25.4 Å². The van der Waals surface area contributed by atoms with Gasteiger partial charge in [-0.15, -0.1) is 0 Å². The van der Waals surface area contributed by atoms with Gasteiger partial charge in [0.1, 0.15) is 0 Å². The number of ether oxygens (including phenoxy) is 2. The van der Waals surface area contributed by atoms with E-state index in [0.717, 1.165) is 25.0 Å². The van der Waals surface area contributed by atoms with E-state index in [-0.39, 0.29) is 0 Å². The normalized spacial score (nSPS) is 59.1. The number of fused-ring (bicyclic) bond motifs is 2. The summed E-state index contributed by atoms with van der Waals surface area (Å²) >= 11 is 0. The molecule has 2 nitrogen and oxygen atoms in total. The Morgan fingerprint density at radius 2 is 2.07 bits per heavy atom. The summed E-state index contributed by atoms with van der Waals surface area (Å²) in [5.74, 6) is 1.92. The van der Waals surface area contributed by atoms with Gasteiger partial charge < -0.3 is 9.47 Å². The van der Waals surface area contributed by atoms with Crippen LogP contribution in [0.15, 0.2) is 0 Å². The summed E-state index contributed by atoms with van der Waals surface area (Å²) in [5.41, 5.74) is 0.646. The van der Waals surface area contributed by atoms with Gasteiger partial charge in [-0.25, -0.2) is 0 Å². The Morgan fingerprint density at radius 1 is 1.21 bits per heavy atom. The average Bonchev–Trinajstić information content (AvgIpc) is 3.07. The molecule has 0 aromatic heterocycles. The minimum absolute atomic E-state index is 0.619. The maximum atomic E-state index is 5.53. The molecule has 14 heavy (non-hydrogen) atoms. The highest BCUT2D eigenvalue weighted by molar-refractivity contribution is 5.07. The van der Waals surface area contributed by atoms with Crippen LogP contribution in [0.1, 0.15) is 32.1 Å². The second-order valence-corrected chi connectivity index (χ2v) is 5.84. The van der Waals surface area contributed by atoms with Crippen molar-refractivity contribution in [3.63, 3.8) is 0 Å². The fraction of sp³-hybridized carbons (Fsp3) is 1.00. The van der Waals surface area contributed by atoms with Gasteiger partial charge in [0.05, 0.1) is 25.4 Å². The van der Waals surface area contributed by atoms with Crippen LogP contribution in [-0.2, 0) is 9.47 Å². The fourth-order valence-electron chi connectivity index (χ4n) is 4.23. The zero-order chi connectivity index (χ0) is 9.17. The molecule has 2 heteroatoms. The highest BCUT2D eigenvalue weighted by Crippen LogP contribution is 2.63. The lowest BCUT2D eigenvalue weighted by molar-refractivity contribution is 0.121. The number of hydrogen-bond acceptors (Lipinski definition) is 2. The van der Waals surface area contributed by atoms with Crippen molar-refractivity contribution in [3.8, 4) is 0 Å². The van der Waals surface area contributed by atoms with Crippen LogP contribution in [0, 0.1) is 17.3 Å². The van der Waals surface area contributed by atoms with E-state index in [2.05, 4.69) is 0 Å². The van der Waals surface area contributed by atoms with Crippen molar-refractivity contribution in [3.05, 3.63) is 0 Å². The number of epoxide rings is 2. The molecule has 4 rings (SSSR count). The van der Waals surface area contributed by atoms with E-state index in [1.165, 1.54) is 32.1 Å². The van der Waals surface area contributed by atoms with Gasteiger partial charge in [-0.05, 0) is 49.4 Å². The quantitative estimate of drug-likeness (QED) is 0.642. The summed E-state index contributed by atoms with van der Waals surface area (Å²) in [6.07, 6.45) is 8.48. The van der Waals surface area contributed by atoms with Crippen molar-refractivity contribution in [2.45, 2.75) is 44.3 Å². The minimum Gasteiger partial charge on any atom is -0.373 e. The predicted octanol–water partition coefficient (Wildman–Crippen LogP) is 1.98. The Morgan fingerprint density at radius 3 is 2.71 bits per heavy atom. The maximum Gasteiger partial charge on any atom is 0.0843 e. The lowest BCUT2D eigenvalue weighted by Gasteiger charge is -2.34. The monoisotopic (exact) mass is 194 g/mol. The third-order valence-electron chi connectivity index (χ3n) is 4.96. The molecule has 0 spiro atoms. The summed E-state index contributed by atoms with van der Waals surface area (Å²) in [7, 11) is 0. The van der Waals surface area contributed by atoms with E-state index in [1.807, 2.05) is 0 Å². The molecular weight excluding hydrogens is 176 g/mol. The number of hydrogen-bond donors (Lipinski definition) is 0. The molecule has 4 fully saturated rings. The van der Waals surface area contributed by atoms with E-state index in [9.17, 15) is 0 Å². The first kappa shape index (κ1) is 8.12. The van der Waals surface area contributed by atoms with E-state index in [4.69, 9.17) is 9.47 Å². The fourth-order valence-corrected chi connectivity index (χ4v) is 4.23. The summed E-state index contributed by atoms with van der Waals surface area (Å²) in [6, 6.07) is 0. The molecular formula is C12H18O2. The maximum absolute atomic E-state index is 5.53. The molecule has 0 amide bonds. The molecule has 2 bridgehead atoms. The Labute approximate surface area is 85.0 Å². The molecule has 78 valence electrons. The van der Waals surface area contributed by atoms with Gasteiger partial charge in [-0.2, -0.15) is 0 Å². The Kier molecular flexibility index (Phi) is 1.47. The molecule has 2 aliphatic carbocycles. The smallest absolute Gasteiger partial charge is 0.0843 e. The van der Waals surface area contributed by atoms with Crippen LogP contribution >= 0.6 is 0 Å². The molecule has 0 N–H and O–H groups in total. The Bertz CT molecular complexity index is 257. The molecule has 0 aromatic carbocycles. The highest BCUT2D eigenvalue weighted by atomic mass is 16.6. The topological polar surface area (TPSA) is 25.1 Å². The Balaban J connectivity index is 1.59. The Hall–Kier alpha value is -0.0800. The van der Waals surface area contributed by atoms with Crippen molar-refractivity contribution in [1.29, 1.82) is 0 Å². The zero-order valence-corrected chi connectivity index (χ0v) is 8.58. The van der Waals surface area contributed by atoms with Crippen LogP contribution in [0.4, 0.5) is 0 Å². The lowest BCUT2D eigenvalue weighted by Crippen LogP contribution is -2.30. The molecule has 2 saturated heterocycles. The molecule has 2 aliphatic heterocycles. The van der Waals surface area contributed by atoms with Crippen LogP contribution in [0.2, 0.25) is 0 Å². The molecule has 5 unspecified atom stereocenters. The first-order valence-corrected chi connectivity index (χ1v) is 6.09. The SMILES string of the molecule is C1CC2(CC3CO3)CC1CC2C1CO1. The van der Waals surface area contributed by atoms with Gasteiger partial charge in [0, 0.05) is 0 Å². The lowest BCUT2D eigenvalue weighted by atomic mass is 9.70. The standard InChI is InChI=1S/C12H18O2/c1-2-12(5-9-6-13-9)4-8(1)3-10(12)11-7-14-11/h8-11H,1-7H2. The average molecular weight is 194 g/mol. The first-order valence-electron chi connectivity index (χ1n) is 6.09. The van der Waals surface area contributed by atoms with E-state index in [0.29, 0.717) is 17.6 Å². The van der Waals surface area contributed by atoms with Gasteiger partial charge in [0.2, 0.25) is 0 Å². The summed E-state index contributed by atoms with van der Waals surface area (Å²) in [5, 5.41) is 0. The van der Waals surface area contributed by atoms with Crippen LogP contribution in [0.3, 0.4) is 0 Å². The zero-order valence-electron chi connectivity index (χ0n) is 8.58. The van der Waals surface area contributed by atoms with E-state index in [1.54, 1.807) is 0 Å². The van der Waals surface area contributed by atoms with Gasteiger partial charge >= 0.3 is 0 Å².